The number of carbonyl (C=O) groups is 1. The lowest BCUT2D eigenvalue weighted by Crippen LogP contribution is -2.36. The zero-order valence-corrected chi connectivity index (χ0v) is 11.3. The van der Waals surface area contributed by atoms with E-state index in [1.807, 2.05) is 6.92 Å². The fraction of sp³-hybridized carbons (Fsp3) is 0.357. The fourth-order valence-corrected chi connectivity index (χ4v) is 2.25. The molecule has 1 heterocycles. The maximum absolute atomic E-state index is 12.4. The van der Waals surface area contributed by atoms with Gasteiger partial charge in [0.1, 0.15) is 0 Å². The molecule has 1 fully saturated rings. The van der Waals surface area contributed by atoms with Gasteiger partial charge in [0, 0.05) is 23.7 Å². The van der Waals surface area contributed by atoms with Gasteiger partial charge in [0.2, 0.25) is 0 Å². The van der Waals surface area contributed by atoms with E-state index < -0.39 is 6.08 Å². The second-order valence-corrected chi connectivity index (χ2v) is 5.03. The molecule has 0 aromatic heterocycles. The Balaban J connectivity index is 2.09. The Hall–Kier alpha value is -1.42. The molecule has 1 aromatic rings. The van der Waals surface area contributed by atoms with Crippen LogP contribution in [0.15, 0.2) is 29.9 Å². The van der Waals surface area contributed by atoms with Crippen molar-refractivity contribution in [1.82, 2.24) is 4.90 Å². The molecule has 1 aliphatic rings. The number of likely N-dealkylation sites (tertiary alicyclic amines) is 1. The van der Waals surface area contributed by atoms with Crippen molar-refractivity contribution in [3.8, 4) is 0 Å². The number of nitrogens with zero attached hydrogens (tertiary/aromatic N) is 1. The summed E-state index contributed by atoms with van der Waals surface area (Å²) in [7, 11) is 0. The maximum Gasteiger partial charge on any atom is 0.269 e. The second kappa shape index (κ2) is 5.70. The van der Waals surface area contributed by atoms with E-state index in [0.29, 0.717) is 23.7 Å². The summed E-state index contributed by atoms with van der Waals surface area (Å²) in [4.78, 5) is 13.8. The lowest BCUT2D eigenvalue weighted by atomic mass is 10.0. The first-order valence-corrected chi connectivity index (χ1v) is 6.45. The third-order valence-electron chi connectivity index (χ3n) is 3.33. The monoisotopic (exact) mass is 285 g/mol. The SMILES string of the molecule is Cc1cc(C(=O)N2CCC(=C(F)F)CC2)ccc1Cl. The molecule has 19 heavy (non-hydrogen) atoms. The van der Waals surface area contributed by atoms with Crippen molar-refractivity contribution in [1.29, 1.82) is 0 Å². The molecule has 0 spiro atoms. The van der Waals surface area contributed by atoms with Gasteiger partial charge in [-0.15, -0.1) is 0 Å². The Morgan fingerprint density at radius 2 is 1.89 bits per heavy atom. The highest BCUT2D eigenvalue weighted by molar-refractivity contribution is 6.31. The van der Waals surface area contributed by atoms with Crippen molar-refractivity contribution in [2.45, 2.75) is 19.8 Å². The predicted octanol–water partition coefficient (Wildman–Crippen LogP) is 4.04. The molecular formula is C14H14ClF2NO. The zero-order valence-electron chi connectivity index (χ0n) is 10.5. The van der Waals surface area contributed by atoms with E-state index >= 15 is 0 Å². The second-order valence-electron chi connectivity index (χ2n) is 4.62. The average molecular weight is 286 g/mol. The standard InChI is InChI=1S/C14H14ClF2NO/c1-9-8-11(2-3-12(9)15)14(19)18-6-4-10(5-7-18)13(16)17/h2-3,8H,4-7H2,1H3. The number of hydrogen-bond donors (Lipinski definition) is 0. The van der Waals surface area contributed by atoms with Crippen molar-refractivity contribution >= 4 is 17.5 Å². The zero-order chi connectivity index (χ0) is 14.0. The molecule has 2 rings (SSSR count). The summed E-state index contributed by atoms with van der Waals surface area (Å²) in [6.45, 7) is 2.51. The molecule has 0 unspecified atom stereocenters. The number of aryl methyl sites for hydroxylation is 1. The maximum atomic E-state index is 12.4. The number of carbonyl (C=O) groups excluding carboxylic acids is 1. The van der Waals surface area contributed by atoms with Crippen LogP contribution >= 0.6 is 11.6 Å². The Labute approximate surface area is 115 Å². The van der Waals surface area contributed by atoms with Crippen LogP contribution in [0.4, 0.5) is 8.78 Å². The predicted molar refractivity (Wildman–Crippen MR) is 70.6 cm³/mol. The van der Waals surface area contributed by atoms with Crippen LogP contribution in [0.2, 0.25) is 5.02 Å². The molecule has 0 N–H and O–H groups in total. The summed E-state index contributed by atoms with van der Waals surface area (Å²) in [5, 5.41) is 0.611. The van der Waals surface area contributed by atoms with Crippen LogP contribution in [0.3, 0.4) is 0 Å². The van der Waals surface area contributed by atoms with Gasteiger partial charge in [-0.05, 0) is 49.1 Å². The van der Waals surface area contributed by atoms with Crippen LogP contribution in [-0.2, 0) is 0 Å². The molecule has 0 bridgehead atoms. The molecule has 0 aliphatic carbocycles. The molecule has 1 saturated heterocycles. The summed E-state index contributed by atoms with van der Waals surface area (Å²) in [6.07, 6.45) is -1.10. The first-order valence-electron chi connectivity index (χ1n) is 6.07. The summed E-state index contributed by atoms with van der Waals surface area (Å²) < 4.78 is 24.9. The molecular weight excluding hydrogens is 272 g/mol. The summed E-state index contributed by atoms with van der Waals surface area (Å²) in [6, 6.07) is 5.07. The van der Waals surface area contributed by atoms with Gasteiger partial charge in [-0.25, -0.2) is 0 Å². The van der Waals surface area contributed by atoms with E-state index in [1.54, 1.807) is 23.1 Å². The Bertz CT molecular complexity index is 528. The highest BCUT2D eigenvalue weighted by Crippen LogP contribution is 2.23. The minimum atomic E-state index is -1.60. The molecule has 1 amide bonds. The molecule has 0 atom stereocenters. The van der Waals surface area contributed by atoms with Gasteiger partial charge in [0.05, 0.1) is 0 Å². The number of amides is 1. The lowest BCUT2D eigenvalue weighted by molar-refractivity contribution is 0.0740. The van der Waals surface area contributed by atoms with Crippen LogP contribution in [0.25, 0.3) is 0 Å². The quantitative estimate of drug-likeness (QED) is 0.763. The molecule has 5 heteroatoms. The fourth-order valence-electron chi connectivity index (χ4n) is 2.13. The van der Waals surface area contributed by atoms with E-state index in [0.717, 1.165) is 5.56 Å². The third kappa shape index (κ3) is 3.13. The van der Waals surface area contributed by atoms with E-state index in [2.05, 4.69) is 0 Å². The van der Waals surface area contributed by atoms with Crippen LogP contribution in [0.5, 0.6) is 0 Å². The molecule has 0 radical (unpaired) electrons. The first-order chi connectivity index (χ1) is 8.99. The molecule has 1 aromatic carbocycles. The van der Waals surface area contributed by atoms with Crippen molar-refractivity contribution in [3.05, 3.63) is 46.0 Å². The highest BCUT2D eigenvalue weighted by Gasteiger charge is 2.22. The lowest BCUT2D eigenvalue weighted by Gasteiger charge is -2.28. The van der Waals surface area contributed by atoms with Crippen molar-refractivity contribution in [3.63, 3.8) is 0 Å². The van der Waals surface area contributed by atoms with Gasteiger partial charge in [-0.1, -0.05) is 11.6 Å². The van der Waals surface area contributed by atoms with Crippen LogP contribution in [0, 0.1) is 6.92 Å². The van der Waals surface area contributed by atoms with E-state index in [1.165, 1.54) is 0 Å². The summed E-state index contributed by atoms with van der Waals surface area (Å²) in [5.41, 5.74) is 1.55. The smallest absolute Gasteiger partial charge is 0.269 e. The van der Waals surface area contributed by atoms with Crippen molar-refractivity contribution < 1.29 is 13.6 Å². The molecule has 2 nitrogen and oxygen atoms in total. The van der Waals surface area contributed by atoms with Crippen molar-refractivity contribution in [2.24, 2.45) is 0 Å². The number of hydrogen-bond acceptors (Lipinski definition) is 1. The third-order valence-corrected chi connectivity index (χ3v) is 3.75. The van der Waals surface area contributed by atoms with Gasteiger partial charge < -0.3 is 4.90 Å². The van der Waals surface area contributed by atoms with E-state index in [9.17, 15) is 13.6 Å². The van der Waals surface area contributed by atoms with Gasteiger partial charge >= 0.3 is 0 Å². The molecule has 1 aliphatic heterocycles. The average Bonchev–Trinajstić information content (AvgIpc) is 2.41. The Kier molecular flexibility index (Phi) is 4.20. The number of piperidine rings is 1. The summed E-state index contributed by atoms with van der Waals surface area (Å²) in [5.74, 6) is -0.127. The van der Waals surface area contributed by atoms with Gasteiger partial charge in [0.15, 0.2) is 0 Å². The molecule has 102 valence electrons. The van der Waals surface area contributed by atoms with Gasteiger partial charge in [-0.3, -0.25) is 4.79 Å². The van der Waals surface area contributed by atoms with Crippen LogP contribution in [0.1, 0.15) is 28.8 Å². The van der Waals surface area contributed by atoms with Crippen LogP contribution < -0.4 is 0 Å². The Morgan fingerprint density at radius 1 is 1.26 bits per heavy atom. The number of rotatable bonds is 1. The normalized spacial score (nSPS) is 15.6. The first kappa shape index (κ1) is 14.0. The van der Waals surface area contributed by atoms with E-state index in [4.69, 9.17) is 11.6 Å². The molecule has 0 saturated carbocycles. The largest absolute Gasteiger partial charge is 0.338 e. The number of benzene rings is 1. The minimum absolute atomic E-state index is 0.127. The van der Waals surface area contributed by atoms with Gasteiger partial charge in [-0.2, -0.15) is 8.78 Å². The topological polar surface area (TPSA) is 20.3 Å². The Morgan fingerprint density at radius 3 is 2.42 bits per heavy atom. The van der Waals surface area contributed by atoms with E-state index in [-0.39, 0.29) is 24.3 Å². The minimum Gasteiger partial charge on any atom is -0.338 e. The number of halogens is 3. The highest BCUT2D eigenvalue weighted by atomic mass is 35.5. The van der Waals surface area contributed by atoms with Crippen molar-refractivity contribution in [2.75, 3.05) is 13.1 Å². The van der Waals surface area contributed by atoms with Crippen LogP contribution in [-0.4, -0.2) is 23.9 Å². The summed E-state index contributed by atoms with van der Waals surface area (Å²) >= 11 is 5.91. The van der Waals surface area contributed by atoms with Gasteiger partial charge in [0.25, 0.3) is 12.0 Å².